The molecule has 0 atom stereocenters. The number of rotatable bonds is 6. The molecule has 3 rings (SSSR count). The van der Waals surface area contributed by atoms with E-state index in [1.54, 1.807) is 17.0 Å². The van der Waals surface area contributed by atoms with Gasteiger partial charge in [0.15, 0.2) is 0 Å². The third-order valence-corrected chi connectivity index (χ3v) is 6.02. The van der Waals surface area contributed by atoms with E-state index in [1.807, 2.05) is 0 Å². The second kappa shape index (κ2) is 8.58. The lowest BCUT2D eigenvalue weighted by Gasteiger charge is -2.36. The second-order valence-corrected chi connectivity index (χ2v) is 8.34. The van der Waals surface area contributed by atoms with Crippen molar-refractivity contribution in [3.05, 3.63) is 59.9 Å². The highest BCUT2D eigenvalue weighted by Gasteiger charge is 2.23. The Morgan fingerprint density at radius 3 is 2.10 bits per heavy atom. The van der Waals surface area contributed by atoms with Gasteiger partial charge in [0, 0.05) is 37.4 Å². The Morgan fingerprint density at radius 2 is 1.55 bits per heavy atom. The van der Waals surface area contributed by atoms with Gasteiger partial charge in [-0.1, -0.05) is 0 Å². The van der Waals surface area contributed by atoms with Gasteiger partial charge >= 0.3 is 0 Å². The standard InChI is InChI=1S/C19H21FN4O4S/c20-15-3-5-16(6-4-15)23-9-11-24(12-10-23)19(26)14-1-7-17(8-2-14)29(27,28)22-13-18(21)25/h1-8,22H,9-13H2,(H2,21,25). The highest BCUT2D eigenvalue weighted by Crippen LogP contribution is 2.18. The van der Waals surface area contributed by atoms with Gasteiger partial charge in [-0.3, -0.25) is 9.59 Å². The number of benzene rings is 2. The number of hydrogen-bond acceptors (Lipinski definition) is 5. The number of carbonyl (C=O) groups is 2. The predicted octanol–water partition coefficient (Wildman–Crippen LogP) is 0.552. The van der Waals surface area contributed by atoms with Gasteiger partial charge in [0.2, 0.25) is 15.9 Å². The first kappa shape index (κ1) is 20.7. The minimum absolute atomic E-state index is 0.0589. The Hall–Kier alpha value is -2.98. The number of amides is 2. The van der Waals surface area contributed by atoms with Crippen molar-refractivity contribution in [1.82, 2.24) is 9.62 Å². The molecule has 0 aliphatic carbocycles. The van der Waals surface area contributed by atoms with E-state index in [0.29, 0.717) is 31.7 Å². The van der Waals surface area contributed by atoms with E-state index in [9.17, 15) is 22.4 Å². The molecule has 1 saturated heterocycles. The molecule has 3 N–H and O–H groups in total. The van der Waals surface area contributed by atoms with Crippen molar-refractivity contribution in [1.29, 1.82) is 0 Å². The molecule has 1 fully saturated rings. The van der Waals surface area contributed by atoms with Crippen molar-refractivity contribution < 1.29 is 22.4 Å². The molecule has 0 spiro atoms. The van der Waals surface area contributed by atoms with E-state index in [-0.39, 0.29) is 16.6 Å². The molecule has 0 aromatic heterocycles. The average molecular weight is 420 g/mol. The molecule has 29 heavy (non-hydrogen) atoms. The van der Waals surface area contributed by atoms with Crippen molar-refractivity contribution in [2.24, 2.45) is 5.73 Å². The minimum atomic E-state index is -3.87. The summed E-state index contributed by atoms with van der Waals surface area (Å²) in [6.07, 6.45) is 0. The first-order valence-corrected chi connectivity index (χ1v) is 10.4. The monoisotopic (exact) mass is 420 g/mol. The largest absolute Gasteiger partial charge is 0.369 e. The number of hydrogen-bond donors (Lipinski definition) is 2. The number of nitrogens with one attached hydrogen (secondary N) is 1. The van der Waals surface area contributed by atoms with E-state index in [0.717, 1.165) is 5.69 Å². The number of nitrogens with two attached hydrogens (primary N) is 1. The Labute approximate surface area is 168 Å². The van der Waals surface area contributed by atoms with Gasteiger partial charge in [-0.05, 0) is 48.5 Å². The molecule has 0 bridgehead atoms. The van der Waals surface area contributed by atoms with Crippen LogP contribution in [0.15, 0.2) is 53.4 Å². The number of sulfonamides is 1. The van der Waals surface area contributed by atoms with Crippen molar-refractivity contribution in [2.75, 3.05) is 37.6 Å². The smallest absolute Gasteiger partial charge is 0.253 e. The second-order valence-electron chi connectivity index (χ2n) is 6.57. The van der Waals surface area contributed by atoms with Crippen LogP contribution in [0.2, 0.25) is 0 Å². The van der Waals surface area contributed by atoms with Gasteiger partial charge in [-0.25, -0.2) is 17.5 Å². The Kier molecular flexibility index (Phi) is 6.14. The number of halogens is 1. The Bertz CT molecular complexity index is 986. The van der Waals surface area contributed by atoms with Gasteiger partial charge in [0.25, 0.3) is 5.91 Å². The van der Waals surface area contributed by atoms with Crippen molar-refractivity contribution >= 4 is 27.5 Å². The fourth-order valence-electron chi connectivity index (χ4n) is 3.03. The Morgan fingerprint density at radius 1 is 0.966 bits per heavy atom. The summed E-state index contributed by atoms with van der Waals surface area (Å²) in [6, 6.07) is 11.7. The summed E-state index contributed by atoms with van der Waals surface area (Å²) >= 11 is 0. The molecule has 2 aromatic carbocycles. The lowest BCUT2D eigenvalue weighted by atomic mass is 10.1. The number of piperazine rings is 1. The zero-order chi connectivity index (χ0) is 21.0. The maximum absolute atomic E-state index is 13.1. The summed E-state index contributed by atoms with van der Waals surface area (Å²) in [7, 11) is -3.87. The van der Waals surface area contributed by atoms with Crippen molar-refractivity contribution in [3.63, 3.8) is 0 Å². The lowest BCUT2D eigenvalue weighted by Crippen LogP contribution is -2.48. The van der Waals surface area contributed by atoms with E-state index in [1.165, 1.54) is 36.4 Å². The molecule has 1 aliphatic heterocycles. The Balaban J connectivity index is 1.61. The molecular formula is C19H21FN4O4S. The number of primary amides is 1. The first-order valence-electron chi connectivity index (χ1n) is 8.94. The summed E-state index contributed by atoms with van der Waals surface area (Å²) in [5, 5.41) is 0. The zero-order valence-electron chi connectivity index (χ0n) is 15.5. The molecule has 8 nitrogen and oxygen atoms in total. The van der Waals surface area contributed by atoms with Crippen LogP contribution in [0.3, 0.4) is 0 Å². The average Bonchev–Trinajstić information content (AvgIpc) is 2.73. The van der Waals surface area contributed by atoms with Crippen LogP contribution in [0.5, 0.6) is 0 Å². The van der Waals surface area contributed by atoms with Crippen LogP contribution in [-0.4, -0.2) is 57.9 Å². The molecule has 1 aliphatic rings. The van der Waals surface area contributed by atoms with Crippen LogP contribution in [0.25, 0.3) is 0 Å². The van der Waals surface area contributed by atoms with Gasteiger partial charge in [-0.2, -0.15) is 0 Å². The molecular weight excluding hydrogens is 399 g/mol. The van der Waals surface area contributed by atoms with Crippen LogP contribution >= 0.6 is 0 Å². The van der Waals surface area contributed by atoms with Gasteiger partial charge in [-0.15, -0.1) is 0 Å². The summed E-state index contributed by atoms with van der Waals surface area (Å²) in [5.41, 5.74) is 6.21. The fraction of sp³-hybridized carbons (Fsp3) is 0.263. The highest BCUT2D eigenvalue weighted by atomic mass is 32.2. The summed E-state index contributed by atoms with van der Waals surface area (Å²) in [5.74, 6) is -1.28. The quantitative estimate of drug-likeness (QED) is 0.709. The third kappa shape index (κ3) is 5.09. The van der Waals surface area contributed by atoms with Crippen LogP contribution in [0.4, 0.5) is 10.1 Å². The van der Waals surface area contributed by atoms with Gasteiger partial charge in [0.05, 0.1) is 11.4 Å². The van der Waals surface area contributed by atoms with Crippen LogP contribution in [0.1, 0.15) is 10.4 Å². The molecule has 0 saturated carbocycles. The van der Waals surface area contributed by atoms with E-state index < -0.39 is 22.5 Å². The molecule has 1 heterocycles. The van der Waals surface area contributed by atoms with Gasteiger partial charge < -0.3 is 15.5 Å². The minimum Gasteiger partial charge on any atom is -0.369 e. The third-order valence-electron chi connectivity index (χ3n) is 4.61. The van der Waals surface area contributed by atoms with Crippen LogP contribution in [0, 0.1) is 5.82 Å². The van der Waals surface area contributed by atoms with Crippen molar-refractivity contribution in [2.45, 2.75) is 4.90 Å². The zero-order valence-corrected chi connectivity index (χ0v) is 16.4. The number of nitrogens with zero attached hydrogens (tertiary/aromatic N) is 2. The van der Waals surface area contributed by atoms with Crippen molar-refractivity contribution in [3.8, 4) is 0 Å². The topological polar surface area (TPSA) is 113 Å². The van der Waals surface area contributed by atoms with E-state index >= 15 is 0 Å². The maximum atomic E-state index is 13.1. The van der Waals surface area contributed by atoms with Crippen LogP contribution < -0.4 is 15.4 Å². The summed E-state index contributed by atoms with van der Waals surface area (Å²) < 4.78 is 39.3. The maximum Gasteiger partial charge on any atom is 0.253 e. The molecule has 2 aromatic rings. The molecule has 2 amide bonds. The van der Waals surface area contributed by atoms with Gasteiger partial charge in [0.1, 0.15) is 5.82 Å². The molecule has 154 valence electrons. The van der Waals surface area contributed by atoms with E-state index in [2.05, 4.69) is 9.62 Å². The molecule has 10 heteroatoms. The summed E-state index contributed by atoms with van der Waals surface area (Å²) in [4.78, 5) is 27.1. The lowest BCUT2D eigenvalue weighted by molar-refractivity contribution is -0.116. The fourth-order valence-corrected chi connectivity index (χ4v) is 4.02. The first-order chi connectivity index (χ1) is 13.8. The predicted molar refractivity (Wildman–Crippen MR) is 105 cm³/mol. The number of carbonyl (C=O) groups excluding carboxylic acids is 2. The molecule has 0 radical (unpaired) electrons. The SMILES string of the molecule is NC(=O)CNS(=O)(=O)c1ccc(C(=O)N2CCN(c3ccc(F)cc3)CC2)cc1. The van der Waals surface area contributed by atoms with E-state index in [4.69, 9.17) is 5.73 Å². The van der Waals surface area contributed by atoms with Crippen LogP contribution in [-0.2, 0) is 14.8 Å². The summed E-state index contributed by atoms with van der Waals surface area (Å²) in [6.45, 7) is 1.72. The normalized spacial score (nSPS) is 14.7. The highest BCUT2D eigenvalue weighted by molar-refractivity contribution is 7.89. The molecule has 0 unspecified atom stereocenters. The number of anilines is 1.